The fourth-order valence-corrected chi connectivity index (χ4v) is 3.42. The molecular formula is C20H22BrN3O. The van der Waals surface area contributed by atoms with Crippen LogP contribution >= 0.6 is 15.9 Å². The second-order valence-corrected chi connectivity index (χ2v) is 7.03. The predicted molar refractivity (Wildman–Crippen MR) is 104 cm³/mol. The van der Waals surface area contributed by atoms with Crippen LogP contribution in [0.3, 0.4) is 0 Å². The van der Waals surface area contributed by atoms with Gasteiger partial charge in [0.25, 0.3) is 0 Å². The molecule has 0 radical (unpaired) electrons. The van der Waals surface area contributed by atoms with E-state index < -0.39 is 0 Å². The Bertz CT molecular complexity index is 817. The number of methoxy groups -OCH3 is 1. The molecule has 3 rings (SSSR count). The summed E-state index contributed by atoms with van der Waals surface area (Å²) in [4.78, 5) is 2.28. The van der Waals surface area contributed by atoms with Crippen molar-refractivity contribution in [2.24, 2.45) is 0 Å². The Morgan fingerprint density at radius 3 is 2.52 bits per heavy atom. The van der Waals surface area contributed by atoms with Crippen molar-refractivity contribution in [3.05, 3.63) is 82.1 Å². The van der Waals surface area contributed by atoms with Crippen LogP contribution in [0.4, 0.5) is 0 Å². The van der Waals surface area contributed by atoms with Crippen LogP contribution in [0.1, 0.15) is 16.7 Å². The molecule has 0 aliphatic carbocycles. The SMILES string of the molecule is COc1ccc(CN(C)Cc2cnn(Cc3ccccc3)c2)cc1Br. The molecule has 0 saturated carbocycles. The molecule has 0 fully saturated rings. The molecule has 0 N–H and O–H groups in total. The molecule has 3 aromatic rings. The average Bonchev–Trinajstić information content (AvgIpc) is 3.02. The monoisotopic (exact) mass is 399 g/mol. The lowest BCUT2D eigenvalue weighted by atomic mass is 10.2. The van der Waals surface area contributed by atoms with Crippen LogP contribution in [0.15, 0.2) is 65.4 Å². The van der Waals surface area contributed by atoms with E-state index in [4.69, 9.17) is 4.74 Å². The molecule has 4 nitrogen and oxygen atoms in total. The molecule has 0 amide bonds. The lowest BCUT2D eigenvalue weighted by Crippen LogP contribution is -2.17. The Morgan fingerprint density at radius 1 is 1.04 bits per heavy atom. The third kappa shape index (κ3) is 4.94. The summed E-state index contributed by atoms with van der Waals surface area (Å²) in [6.45, 7) is 2.53. The Labute approximate surface area is 157 Å². The van der Waals surface area contributed by atoms with Crippen LogP contribution in [0.5, 0.6) is 5.75 Å². The summed E-state index contributed by atoms with van der Waals surface area (Å²) in [6, 6.07) is 16.6. The van der Waals surface area contributed by atoms with Crippen LogP contribution in [-0.2, 0) is 19.6 Å². The van der Waals surface area contributed by atoms with E-state index in [2.05, 4.69) is 75.6 Å². The van der Waals surface area contributed by atoms with Crippen molar-refractivity contribution in [3.63, 3.8) is 0 Å². The molecule has 1 aromatic heterocycles. The number of halogens is 1. The largest absolute Gasteiger partial charge is 0.496 e. The van der Waals surface area contributed by atoms with Crippen molar-refractivity contribution in [1.29, 1.82) is 0 Å². The van der Waals surface area contributed by atoms with Crippen LogP contribution in [0.25, 0.3) is 0 Å². The standard InChI is InChI=1S/C20H22BrN3O/c1-23(12-17-8-9-20(25-2)19(21)10-17)13-18-11-22-24(15-18)14-16-6-4-3-5-7-16/h3-11,15H,12-14H2,1-2H3. The maximum absolute atomic E-state index is 5.28. The maximum atomic E-state index is 5.28. The first-order valence-electron chi connectivity index (χ1n) is 8.20. The molecule has 0 aliphatic rings. The minimum Gasteiger partial charge on any atom is -0.496 e. The zero-order valence-electron chi connectivity index (χ0n) is 14.5. The zero-order valence-corrected chi connectivity index (χ0v) is 16.1. The summed E-state index contributed by atoms with van der Waals surface area (Å²) in [5, 5.41) is 4.47. The van der Waals surface area contributed by atoms with Crippen molar-refractivity contribution in [2.75, 3.05) is 14.2 Å². The summed E-state index contributed by atoms with van der Waals surface area (Å²) in [5.41, 5.74) is 3.71. The van der Waals surface area contributed by atoms with Gasteiger partial charge < -0.3 is 4.74 Å². The second kappa shape index (κ2) is 8.32. The molecule has 5 heteroatoms. The second-order valence-electron chi connectivity index (χ2n) is 6.17. The number of hydrogen-bond donors (Lipinski definition) is 0. The van der Waals surface area contributed by atoms with Gasteiger partial charge in [0.15, 0.2) is 0 Å². The quantitative estimate of drug-likeness (QED) is 0.591. The molecular weight excluding hydrogens is 378 g/mol. The van der Waals surface area contributed by atoms with E-state index in [0.29, 0.717) is 0 Å². The third-order valence-corrected chi connectivity index (χ3v) is 4.62. The van der Waals surface area contributed by atoms with Crippen molar-refractivity contribution in [2.45, 2.75) is 19.6 Å². The summed E-state index contributed by atoms with van der Waals surface area (Å²) in [6.07, 6.45) is 4.07. The smallest absolute Gasteiger partial charge is 0.133 e. The lowest BCUT2D eigenvalue weighted by Gasteiger charge is -2.16. The van der Waals surface area contributed by atoms with E-state index in [1.165, 1.54) is 16.7 Å². The Hall–Kier alpha value is -2.11. The summed E-state index contributed by atoms with van der Waals surface area (Å²) >= 11 is 3.54. The van der Waals surface area contributed by atoms with Gasteiger partial charge >= 0.3 is 0 Å². The predicted octanol–water partition coefficient (Wildman–Crippen LogP) is 4.33. The number of benzene rings is 2. The number of ether oxygens (including phenoxy) is 1. The lowest BCUT2D eigenvalue weighted by molar-refractivity contribution is 0.318. The van der Waals surface area contributed by atoms with Gasteiger partial charge in [-0.3, -0.25) is 9.58 Å². The van der Waals surface area contributed by atoms with Gasteiger partial charge in [-0.25, -0.2) is 0 Å². The Kier molecular flexibility index (Phi) is 5.89. The summed E-state index contributed by atoms with van der Waals surface area (Å²) in [5.74, 6) is 0.855. The van der Waals surface area contributed by atoms with Gasteiger partial charge in [0.2, 0.25) is 0 Å². The first-order valence-corrected chi connectivity index (χ1v) is 8.99. The van der Waals surface area contributed by atoms with Crippen molar-refractivity contribution in [3.8, 4) is 5.75 Å². The first-order chi connectivity index (χ1) is 12.1. The highest BCUT2D eigenvalue weighted by atomic mass is 79.9. The molecule has 0 spiro atoms. The summed E-state index contributed by atoms with van der Waals surface area (Å²) < 4.78 is 8.25. The van der Waals surface area contributed by atoms with Gasteiger partial charge in [0, 0.05) is 24.8 Å². The molecule has 1 heterocycles. The van der Waals surface area contributed by atoms with Crippen LogP contribution in [-0.4, -0.2) is 28.8 Å². The fraction of sp³-hybridized carbons (Fsp3) is 0.250. The highest BCUT2D eigenvalue weighted by molar-refractivity contribution is 9.10. The molecule has 0 aliphatic heterocycles. The third-order valence-electron chi connectivity index (χ3n) is 4.00. The molecule has 0 bridgehead atoms. The van der Waals surface area contributed by atoms with Gasteiger partial charge in [-0.15, -0.1) is 0 Å². The van der Waals surface area contributed by atoms with Crippen molar-refractivity contribution >= 4 is 15.9 Å². The van der Waals surface area contributed by atoms with Crippen molar-refractivity contribution < 1.29 is 4.74 Å². The topological polar surface area (TPSA) is 30.3 Å². The highest BCUT2D eigenvalue weighted by Gasteiger charge is 2.07. The van der Waals surface area contributed by atoms with Crippen LogP contribution < -0.4 is 4.74 Å². The van der Waals surface area contributed by atoms with Crippen LogP contribution in [0, 0.1) is 0 Å². The minimum absolute atomic E-state index is 0.802. The normalized spacial score (nSPS) is 11.0. The number of hydrogen-bond acceptors (Lipinski definition) is 3. The molecule has 0 atom stereocenters. The van der Waals surface area contributed by atoms with Gasteiger partial charge in [0.1, 0.15) is 5.75 Å². The average molecular weight is 400 g/mol. The van der Waals surface area contributed by atoms with Gasteiger partial charge in [-0.05, 0) is 46.2 Å². The maximum Gasteiger partial charge on any atom is 0.133 e. The minimum atomic E-state index is 0.802. The van der Waals surface area contributed by atoms with E-state index in [9.17, 15) is 0 Å². The van der Waals surface area contributed by atoms with Crippen molar-refractivity contribution in [1.82, 2.24) is 14.7 Å². The molecule has 2 aromatic carbocycles. The van der Waals surface area contributed by atoms with Gasteiger partial charge in [-0.1, -0.05) is 36.4 Å². The van der Waals surface area contributed by atoms with Gasteiger partial charge in [0.05, 0.1) is 24.3 Å². The first kappa shape index (κ1) is 17.7. The molecule has 0 saturated heterocycles. The van der Waals surface area contributed by atoms with Gasteiger partial charge in [-0.2, -0.15) is 5.10 Å². The van der Waals surface area contributed by atoms with E-state index in [1.54, 1.807) is 7.11 Å². The summed E-state index contributed by atoms with van der Waals surface area (Å²) in [7, 11) is 3.80. The van der Waals surface area contributed by atoms with E-state index in [-0.39, 0.29) is 0 Å². The number of nitrogens with zero attached hydrogens (tertiary/aromatic N) is 3. The Balaban J connectivity index is 1.58. The van der Waals surface area contributed by atoms with E-state index in [0.717, 1.165) is 29.9 Å². The van der Waals surface area contributed by atoms with E-state index in [1.807, 2.05) is 23.0 Å². The number of aromatic nitrogens is 2. The van der Waals surface area contributed by atoms with Crippen LogP contribution in [0.2, 0.25) is 0 Å². The highest BCUT2D eigenvalue weighted by Crippen LogP contribution is 2.26. The fourth-order valence-electron chi connectivity index (χ4n) is 2.83. The zero-order chi connectivity index (χ0) is 17.6. The molecule has 25 heavy (non-hydrogen) atoms. The number of rotatable bonds is 7. The molecule has 130 valence electrons. The van der Waals surface area contributed by atoms with E-state index >= 15 is 0 Å². The molecule has 0 unspecified atom stereocenters. The Morgan fingerprint density at radius 2 is 1.80 bits per heavy atom.